The van der Waals surface area contributed by atoms with Crippen LogP contribution in [0.1, 0.15) is 15.9 Å². The van der Waals surface area contributed by atoms with E-state index in [2.05, 4.69) is 9.97 Å². The molecule has 0 fully saturated rings. The zero-order valence-corrected chi connectivity index (χ0v) is 12.5. The van der Waals surface area contributed by atoms with Crippen molar-refractivity contribution in [3.8, 4) is 5.75 Å². The normalized spacial score (nSPS) is 10.8. The molecular formula is C15H10Cl2N2O2. The number of carbonyl (C=O) groups excluding carboxylic acids is 1. The molecule has 0 bridgehead atoms. The van der Waals surface area contributed by atoms with Gasteiger partial charge < -0.3 is 9.72 Å². The molecule has 0 aliphatic heterocycles. The van der Waals surface area contributed by atoms with Crippen molar-refractivity contribution in [3.63, 3.8) is 0 Å². The molecule has 0 radical (unpaired) electrons. The van der Waals surface area contributed by atoms with E-state index in [0.29, 0.717) is 38.0 Å². The van der Waals surface area contributed by atoms with E-state index in [0.717, 1.165) is 0 Å². The van der Waals surface area contributed by atoms with Crippen LogP contribution in [0.5, 0.6) is 5.75 Å². The van der Waals surface area contributed by atoms with Crippen molar-refractivity contribution in [1.82, 2.24) is 9.97 Å². The number of H-pyrrole nitrogens is 1. The summed E-state index contributed by atoms with van der Waals surface area (Å²) in [5.41, 5.74) is 1.44. The molecule has 2 heterocycles. The Morgan fingerprint density at radius 3 is 2.81 bits per heavy atom. The second-order valence-corrected chi connectivity index (χ2v) is 5.24. The number of carbonyl (C=O) groups is 1. The highest BCUT2D eigenvalue weighted by molar-refractivity contribution is 6.37. The zero-order valence-electron chi connectivity index (χ0n) is 11.0. The second-order valence-electron chi connectivity index (χ2n) is 4.39. The zero-order chi connectivity index (χ0) is 15.0. The second kappa shape index (κ2) is 5.39. The molecule has 1 aromatic carbocycles. The van der Waals surface area contributed by atoms with Gasteiger partial charge in [-0.3, -0.25) is 4.79 Å². The van der Waals surface area contributed by atoms with Crippen LogP contribution in [-0.2, 0) is 0 Å². The quantitative estimate of drug-likeness (QED) is 0.739. The molecular weight excluding hydrogens is 311 g/mol. The molecule has 0 spiro atoms. The Morgan fingerprint density at radius 1 is 1.24 bits per heavy atom. The van der Waals surface area contributed by atoms with Gasteiger partial charge in [-0.15, -0.1) is 0 Å². The number of fused-ring (bicyclic) bond motifs is 1. The lowest BCUT2D eigenvalue weighted by atomic mass is 10.0. The fraction of sp³-hybridized carbons (Fsp3) is 0.0667. The number of nitrogens with zero attached hydrogens (tertiary/aromatic N) is 1. The number of hydrogen-bond acceptors (Lipinski definition) is 3. The fourth-order valence-corrected chi connectivity index (χ4v) is 2.60. The molecule has 0 amide bonds. The van der Waals surface area contributed by atoms with Crippen LogP contribution in [0.15, 0.2) is 36.7 Å². The summed E-state index contributed by atoms with van der Waals surface area (Å²) in [6.45, 7) is 0. The van der Waals surface area contributed by atoms with E-state index < -0.39 is 0 Å². The molecule has 0 unspecified atom stereocenters. The summed E-state index contributed by atoms with van der Waals surface area (Å²) in [5.74, 6) is 0.214. The highest BCUT2D eigenvalue weighted by Gasteiger charge is 2.20. The maximum Gasteiger partial charge on any atom is 0.199 e. The molecule has 1 N–H and O–H groups in total. The Morgan fingerprint density at radius 2 is 2.05 bits per heavy atom. The molecule has 4 nitrogen and oxygen atoms in total. The van der Waals surface area contributed by atoms with Crippen LogP contribution in [-0.4, -0.2) is 22.9 Å². The summed E-state index contributed by atoms with van der Waals surface area (Å²) in [4.78, 5) is 19.8. The number of ketones is 1. The van der Waals surface area contributed by atoms with E-state index >= 15 is 0 Å². The average Bonchev–Trinajstić information content (AvgIpc) is 2.92. The largest absolute Gasteiger partial charge is 0.496 e. The molecule has 2 aromatic heterocycles. The highest BCUT2D eigenvalue weighted by Crippen LogP contribution is 2.30. The number of halogens is 2. The Labute approximate surface area is 130 Å². The van der Waals surface area contributed by atoms with Gasteiger partial charge in [0.05, 0.1) is 23.3 Å². The van der Waals surface area contributed by atoms with Crippen molar-refractivity contribution in [2.45, 2.75) is 0 Å². The monoisotopic (exact) mass is 320 g/mol. The molecule has 0 atom stereocenters. The lowest BCUT2D eigenvalue weighted by Gasteiger charge is -2.07. The lowest BCUT2D eigenvalue weighted by molar-refractivity contribution is 0.103. The van der Waals surface area contributed by atoms with E-state index in [4.69, 9.17) is 27.9 Å². The van der Waals surface area contributed by atoms with E-state index in [1.54, 1.807) is 36.7 Å². The van der Waals surface area contributed by atoms with Crippen LogP contribution < -0.4 is 4.74 Å². The van der Waals surface area contributed by atoms with Crippen LogP contribution in [0.4, 0.5) is 0 Å². The van der Waals surface area contributed by atoms with E-state index in [-0.39, 0.29) is 5.78 Å². The van der Waals surface area contributed by atoms with Crippen molar-refractivity contribution >= 4 is 40.0 Å². The summed E-state index contributed by atoms with van der Waals surface area (Å²) in [5, 5.41) is 1.57. The minimum absolute atomic E-state index is 0.204. The van der Waals surface area contributed by atoms with Gasteiger partial charge in [0, 0.05) is 22.8 Å². The third kappa shape index (κ3) is 2.37. The molecule has 0 aliphatic carbocycles. The minimum atomic E-state index is -0.204. The van der Waals surface area contributed by atoms with Gasteiger partial charge in [-0.25, -0.2) is 4.98 Å². The fourth-order valence-electron chi connectivity index (χ4n) is 2.19. The molecule has 3 aromatic rings. The van der Waals surface area contributed by atoms with Crippen molar-refractivity contribution in [2.75, 3.05) is 7.11 Å². The molecule has 0 saturated heterocycles. The third-order valence-corrected chi connectivity index (χ3v) is 3.73. The van der Waals surface area contributed by atoms with Crippen LogP contribution in [0.3, 0.4) is 0 Å². The number of ether oxygens (including phenoxy) is 1. The number of benzene rings is 1. The Kier molecular flexibility index (Phi) is 3.57. The Balaban J connectivity index is 2.17. The van der Waals surface area contributed by atoms with Gasteiger partial charge >= 0.3 is 0 Å². The average molecular weight is 321 g/mol. The van der Waals surface area contributed by atoms with Gasteiger partial charge in [-0.1, -0.05) is 23.2 Å². The predicted octanol–water partition coefficient (Wildman–Crippen LogP) is 4.11. The highest BCUT2D eigenvalue weighted by atomic mass is 35.5. The summed E-state index contributed by atoms with van der Waals surface area (Å²) >= 11 is 12.1. The van der Waals surface area contributed by atoms with Crippen LogP contribution >= 0.6 is 23.2 Å². The first-order valence-electron chi connectivity index (χ1n) is 6.11. The number of nitrogens with one attached hydrogen (secondary N) is 1. The lowest BCUT2D eigenvalue weighted by Crippen LogP contribution is -2.03. The standard InChI is InChI=1S/C15H10Cl2N2O2/c1-21-12-6-8(16)2-3-9(12)14(20)10-7-19-15-13(10)11(17)4-5-18-15/h2-7H,1H3,(H,18,19). The summed E-state index contributed by atoms with van der Waals surface area (Å²) < 4.78 is 5.22. The SMILES string of the molecule is COc1cc(Cl)ccc1C(=O)c1c[nH]c2nccc(Cl)c12. The van der Waals surface area contributed by atoms with Crippen molar-refractivity contribution in [2.24, 2.45) is 0 Å². The minimum Gasteiger partial charge on any atom is -0.496 e. The number of pyridine rings is 1. The summed E-state index contributed by atoms with van der Waals surface area (Å²) in [6.07, 6.45) is 3.18. The summed E-state index contributed by atoms with van der Waals surface area (Å²) in [7, 11) is 1.49. The molecule has 0 aliphatic rings. The Hall–Kier alpha value is -2.04. The van der Waals surface area contributed by atoms with Crippen LogP contribution in [0.25, 0.3) is 11.0 Å². The molecule has 0 saturated carbocycles. The van der Waals surface area contributed by atoms with Gasteiger partial charge in [-0.2, -0.15) is 0 Å². The molecule has 6 heteroatoms. The van der Waals surface area contributed by atoms with Gasteiger partial charge in [0.25, 0.3) is 0 Å². The van der Waals surface area contributed by atoms with E-state index in [1.807, 2.05) is 0 Å². The smallest absolute Gasteiger partial charge is 0.199 e. The number of rotatable bonds is 3. The van der Waals surface area contributed by atoms with Crippen LogP contribution in [0, 0.1) is 0 Å². The number of hydrogen-bond donors (Lipinski definition) is 1. The topological polar surface area (TPSA) is 55.0 Å². The first kappa shape index (κ1) is 13.9. The maximum absolute atomic E-state index is 12.7. The van der Waals surface area contributed by atoms with E-state index in [9.17, 15) is 4.79 Å². The van der Waals surface area contributed by atoms with Gasteiger partial charge in [-0.05, 0) is 24.3 Å². The number of aromatic amines is 1. The molecule has 3 rings (SSSR count). The third-order valence-electron chi connectivity index (χ3n) is 3.18. The van der Waals surface area contributed by atoms with Crippen molar-refractivity contribution in [3.05, 3.63) is 57.8 Å². The van der Waals surface area contributed by atoms with Gasteiger partial charge in [0.2, 0.25) is 0 Å². The predicted molar refractivity (Wildman–Crippen MR) is 82.5 cm³/mol. The van der Waals surface area contributed by atoms with Crippen molar-refractivity contribution < 1.29 is 9.53 Å². The Bertz CT molecular complexity index is 843. The van der Waals surface area contributed by atoms with Gasteiger partial charge in [0.1, 0.15) is 11.4 Å². The van der Waals surface area contributed by atoms with Crippen molar-refractivity contribution in [1.29, 1.82) is 0 Å². The van der Waals surface area contributed by atoms with E-state index in [1.165, 1.54) is 7.11 Å². The first-order chi connectivity index (χ1) is 10.1. The number of methoxy groups -OCH3 is 1. The first-order valence-corrected chi connectivity index (χ1v) is 6.87. The van der Waals surface area contributed by atoms with Crippen LogP contribution in [0.2, 0.25) is 10.0 Å². The maximum atomic E-state index is 12.7. The molecule has 21 heavy (non-hydrogen) atoms. The van der Waals surface area contributed by atoms with Gasteiger partial charge in [0.15, 0.2) is 5.78 Å². The molecule has 106 valence electrons. The summed E-state index contributed by atoms with van der Waals surface area (Å²) in [6, 6.07) is 6.52. The number of aromatic nitrogens is 2.